The van der Waals surface area contributed by atoms with Crippen LogP contribution in [0.4, 0.5) is 0 Å². The lowest BCUT2D eigenvalue weighted by Gasteiger charge is -2.20. The Hall–Kier alpha value is -1.16. The highest BCUT2D eigenvalue weighted by molar-refractivity contribution is 5.30. The summed E-state index contributed by atoms with van der Waals surface area (Å²) in [5.74, 6) is 0. The molecule has 0 bridgehead atoms. The molecule has 3 N–H and O–H groups in total. The first kappa shape index (κ1) is 15.2. The number of nitrogens with two attached hydrogens (primary N) is 1. The van der Waals surface area contributed by atoms with Crippen molar-refractivity contribution in [3.05, 3.63) is 47.0 Å². The third-order valence-electron chi connectivity index (χ3n) is 3.94. The molecule has 1 atom stereocenters. The second-order valence-electron chi connectivity index (χ2n) is 5.38. The van der Waals surface area contributed by atoms with Crippen molar-refractivity contribution in [2.75, 3.05) is 20.2 Å². The molecule has 1 aromatic carbocycles. The zero-order chi connectivity index (χ0) is 14.2. The van der Waals surface area contributed by atoms with E-state index >= 15 is 0 Å². The number of allylic oxidation sites excluding steroid dienone is 1. The molecule has 20 heavy (non-hydrogen) atoms. The molecule has 1 aliphatic rings. The van der Waals surface area contributed by atoms with Gasteiger partial charge in [-0.2, -0.15) is 0 Å². The van der Waals surface area contributed by atoms with Gasteiger partial charge < -0.3 is 15.8 Å². The number of benzene rings is 1. The van der Waals surface area contributed by atoms with Gasteiger partial charge in [0, 0.05) is 19.7 Å². The van der Waals surface area contributed by atoms with Crippen molar-refractivity contribution in [1.29, 1.82) is 0 Å². The van der Waals surface area contributed by atoms with E-state index in [1.54, 1.807) is 12.7 Å². The van der Waals surface area contributed by atoms with E-state index in [1.807, 2.05) is 0 Å². The van der Waals surface area contributed by atoms with E-state index in [0.29, 0.717) is 13.2 Å². The molecule has 1 aromatic rings. The lowest BCUT2D eigenvalue weighted by molar-refractivity contribution is 0.183. The van der Waals surface area contributed by atoms with E-state index in [1.165, 1.54) is 30.4 Å². The fourth-order valence-electron chi connectivity index (χ4n) is 2.85. The number of hydrogen-bond acceptors (Lipinski definition) is 3. The molecule has 0 saturated heterocycles. The Labute approximate surface area is 122 Å². The van der Waals surface area contributed by atoms with Crippen LogP contribution in [0, 0.1) is 0 Å². The number of methoxy groups -OCH3 is 1. The van der Waals surface area contributed by atoms with Gasteiger partial charge in [-0.15, -0.1) is 0 Å². The predicted molar refractivity (Wildman–Crippen MR) is 83.5 cm³/mol. The van der Waals surface area contributed by atoms with Gasteiger partial charge in [-0.3, -0.25) is 0 Å². The van der Waals surface area contributed by atoms with Crippen LogP contribution in [0.15, 0.2) is 35.9 Å². The largest absolute Gasteiger partial charge is 0.380 e. The lowest BCUT2D eigenvalue weighted by atomic mass is 10.0. The molecule has 0 fully saturated rings. The Balaban J connectivity index is 1.93. The molecule has 3 heteroatoms. The molecule has 0 aliphatic heterocycles. The van der Waals surface area contributed by atoms with Gasteiger partial charge in [-0.1, -0.05) is 35.9 Å². The normalized spacial score (nSPS) is 16.2. The Morgan fingerprint density at radius 1 is 1.35 bits per heavy atom. The Kier molecular flexibility index (Phi) is 6.25. The van der Waals surface area contributed by atoms with Gasteiger partial charge in [-0.25, -0.2) is 0 Å². The highest BCUT2D eigenvalue weighted by Gasteiger charge is 2.13. The summed E-state index contributed by atoms with van der Waals surface area (Å²) >= 11 is 0. The summed E-state index contributed by atoms with van der Waals surface area (Å²) in [5.41, 5.74) is 10.0. The van der Waals surface area contributed by atoms with Gasteiger partial charge in [0.1, 0.15) is 0 Å². The smallest absolute Gasteiger partial charge is 0.0716 e. The van der Waals surface area contributed by atoms with Gasteiger partial charge in [-0.05, 0) is 43.4 Å². The van der Waals surface area contributed by atoms with Gasteiger partial charge in [0.2, 0.25) is 0 Å². The van der Waals surface area contributed by atoms with E-state index in [4.69, 9.17) is 10.5 Å². The van der Waals surface area contributed by atoms with Gasteiger partial charge in [0.05, 0.1) is 6.61 Å². The van der Waals surface area contributed by atoms with Crippen molar-refractivity contribution in [1.82, 2.24) is 5.32 Å². The summed E-state index contributed by atoms with van der Waals surface area (Å²) in [6.45, 7) is 2.24. The molecule has 110 valence electrons. The van der Waals surface area contributed by atoms with Crippen molar-refractivity contribution in [3.63, 3.8) is 0 Å². The van der Waals surface area contributed by atoms with Crippen molar-refractivity contribution < 1.29 is 4.74 Å². The SMILES string of the molecule is COCc1ccccc1C(CN)NCCC1=CCCC1. The van der Waals surface area contributed by atoms with Crippen molar-refractivity contribution in [2.45, 2.75) is 38.3 Å². The highest BCUT2D eigenvalue weighted by Crippen LogP contribution is 2.21. The average Bonchev–Trinajstić information content (AvgIpc) is 2.98. The minimum atomic E-state index is 0.211. The molecular formula is C17H26N2O. The standard InChI is InChI=1S/C17H26N2O/c1-20-13-15-8-4-5-9-16(15)17(12-18)19-11-10-14-6-2-3-7-14/h4-6,8-9,17,19H,2-3,7,10-13,18H2,1H3. The topological polar surface area (TPSA) is 47.3 Å². The zero-order valence-electron chi connectivity index (χ0n) is 12.4. The van der Waals surface area contributed by atoms with E-state index < -0.39 is 0 Å². The molecule has 0 heterocycles. The first-order chi connectivity index (χ1) is 9.85. The molecule has 0 aromatic heterocycles. The monoisotopic (exact) mass is 274 g/mol. The lowest BCUT2D eigenvalue weighted by Crippen LogP contribution is -2.30. The van der Waals surface area contributed by atoms with E-state index in [0.717, 1.165) is 13.0 Å². The maximum atomic E-state index is 5.95. The molecule has 0 radical (unpaired) electrons. The maximum Gasteiger partial charge on any atom is 0.0716 e. The molecule has 1 unspecified atom stereocenters. The summed E-state index contributed by atoms with van der Waals surface area (Å²) < 4.78 is 5.27. The summed E-state index contributed by atoms with van der Waals surface area (Å²) in [6.07, 6.45) is 7.38. The van der Waals surface area contributed by atoms with Crippen LogP contribution >= 0.6 is 0 Å². The van der Waals surface area contributed by atoms with E-state index in [9.17, 15) is 0 Å². The van der Waals surface area contributed by atoms with Crippen molar-refractivity contribution in [2.24, 2.45) is 5.73 Å². The van der Waals surface area contributed by atoms with Gasteiger partial charge >= 0.3 is 0 Å². The minimum absolute atomic E-state index is 0.211. The third kappa shape index (κ3) is 4.17. The highest BCUT2D eigenvalue weighted by atomic mass is 16.5. The Morgan fingerprint density at radius 3 is 2.90 bits per heavy atom. The van der Waals surface area contributed by atoms with E-state index in [-0.39, 0.29) is 6.04 Å². The zero-order valence-corrected chi connectivity index (χ0v) is 12.4. The predicted octanol–water partition coefficient (Wildman–Crippen LogP) is 2.92. The van der Waals surface area contributed by atoms with Crippen LogP contribution in [0.2, 0.25) is 0 Å². The second-order valence-corrected chi connectivity index (χ2v) is 5.38. The van der Waals surface area contributed by atoms with E-state index in [2.05, 4.69) is 35.7 Å². The fourth-order valence-corrected chi connectivity index (χ4v) is 2.85. The van der Waals surface area contributed by atoms with Crippen LogP contribution in [-0.4, -0.2) is 20.2 Å². The third-order valence-corrected chi connectivity index (χ3v) is 3.94. The number of hydrogen-bond donors (Lipinski definition) is 2. The van der Waals surface area contributed by atoms with Gasteiger partial charge in [0.15, 0.2) is 0 Å². The summed E-state index contributed by atoms with van der Waals surface area (Å²) in [4.78, 5) is 0. The van der Waals surface area contributed by atoms with Gasteiger partial charge in [0.25, 0.3) is 0 Å². The second kappa shape index (κ2) is 8.20. The summed E-state index contributed by atoms with van der Waals surface area (Å²) in [7, 11) is 1.73. The van der Waals surface area contributed by atoms with Crippen LogP contribution in [0.3, 0.4) is 0 Å². The number of nitrogens with one attached hydrogen (secondary N) is 1. The summed E-state index contributed by atoms with van der Waals surface area (Å²) in [5, 5.41) is 3.59. The maximum absolute atomic E-state index is 5.95. The Bertz CT molecular complexity index is 442. The molecule has 0 saturated carbocycles. The molecule has 1 aliphatic carbocycles. The molecule has 0 spiro atoms. The van der Waals surface area contributed by atoms with Crippen LogP contribution in [0.5, 0.6) is 0 Å². The fraction of sp³-hybridized carbons (Fsp3) is 0.529. The first-order valence-corrected chi connectivity index (χ1v) is 7.53. The summed E-state index contributed by atoms with van der Waals surface area (Å²) in [6, 6.07) is 8.59. The van der Waals surface area contributed by atoms with Crippen LogP contribution in [0.1, 0.15) is 42.9 Å². The van der Waals surface area contributed by atoms with Crippen molar-refractivity contribution in [3.8, 4) is 0 Å². The quantitative estimate of drug-likeness (QED) is 0.717. The average molecular weight is 274 g/mol. The number of rotatable bonds is 8. The number of ether oxygens (including phenoxy) is 1. The van der Waals surface area contributed by atoms with Crippen LogP contribution < -0.4 is 11.1 Å². The molecule has 0 amide bonds. The molecule has 3 nitrogen and oxygen atoms in total. The first-order valence-electron chi connectivity index (χ1n) is 7.53. The molecular weight excluding hydrogens is 248 g/mol. The van der Waals surface area contributed by atoms with Crippen LogP contribution in [-0.2, 0) is 11.3 Å². The molecule has 2 rings (SSSR count). The van der Waals surface area contributed by atoms with Crippen molar-refractivity contribution >= 4 is 0 Å². The van der Waals surface area contributed by atoms with Crippen LogP contribution in [0.25, 0.3) is 0 Å². The minimum Gasteiger partial charge on any atom is -0.380 e. The Morgan fingerprint density at radius 2 is 2.20 bits per heavy atom.